The second-order valence-corrected chi connectivity index (χ2v) is 5.60. The average molecular weight is 348 g/mol. The van der Waals surface area contributed by atoms with E-state index < -0.39 is 0 Å². The molecule has 0 aliphatic carbocycles. The van der Waals surface area contributed by atoms with Crippen molar-refractivity contribution in [3.63, 3.8) is 0 Å². The maximum absolute atomic E-state index is 12.4. The fourth-order valence-corrected chi connectivity index (χ4v) is 2.48. The highest BCUT2D eigenvalue weighted by Crippen LogP contribution is 2.17. The number of carbonyl (C=O) groups is 1. The monoisotopic (exact) mass is 348 g/mol. The summed E-state index contributed by atoms with van der Waals surface area (Å²) in [6.45, 7) is 0.948. The third-order valence-corrected chi connectivity index (χ3v) is 3.82. The molecule has 26 heavy (non-hydrogen) atoms. The highest BCUT2D eigenvalue weighted by atomic mass is 16.5. The van der Waals surface area contributed by atoms with E-state index in [1.165, 1.54) is 0 Å². The molecule has 132 valence electrons. The van der Waals surface area contributed by atoms with Gasteiger partial charge in [0, 0.05) is 30.2 Å². The lowest BCUT2D eigenvalue weighted by Crippen LogP contribution is -2.24. The fourth-order valence-electron chi connectivity index (χ4n) is 2.48. The number of rotatable bonds is 7. The van der Waals surface area contributed by atoms with Gasteiger partial charge in [-0.1, -0.05) is 24.3 Å². The van der Waals surface area contributed by atoms with E-state index in [4.69, 9.17) is 4.74 Å². The standard InChI is InChI=1S/C20H20N4O2/c1-26-19-8-3-2-6-15(19)13-24-20(25)18-12-16(9-11-22-18)23-14-17-7-4-5-10-21-17/h2-12H,13-14H2,1H3,(H,22,23)(H,24,25). The van der Waals surface area contributed by atoms with Crippen molar-refractivity contribution in [2.24, 2.45) is 0 Å². The summed E-state index contributed by atoms with van der Waals surface area (Å²) in [6.07, 6.45) is 3.36. The summed E-state index contributed by atoms with van der Waals surface area (Å²) in [5.41, 5.74) is 3.00. The van der Waals surface area contributed by atoms with Crippen LogP contribution in [0, 0.1) is 0 Å². The van der Waals surface area contributed by atoms with E-state index in [-0.39, 0.29) is 5.91 Å². The summed E-state index contributed by atoms with van der Waals surface area (Å²) in [5, 5.41) is 6.12. The molecular weight excluding hydrogens is 328 g/mol. The number of anilines is 1. The molecule has 6 heteroatoms. The SMILES string of the molecule is COc1ccccc1CNC(=O)c1cc(NCc2ccccn2)ccn1. The van der Waals surface area contributed by atoms with E-state index in [0.717, 1.165) is 22.7 Å². The van der Waals surface area contributed by atoms with Crippen LogP contribution in [-0.4, -0.2) is 23.0 Å². The van der Waals surface area contributed by atoms with Crippen molar-refractivity contribution >= 4 is 11.6 Å². The lowest BCUT2D eigenvalue weighted by molar-refractivity contribution is 0.0945. The minimum atomic E-state index is -0.239. The van der Waals surface area contributed by atoms with Crippen molar-refractivity contribution in [3.8, 4) is 5.75 Å². The Balaban J connectivity index is 1.61. The minimum absolute atomic E-state index is 0.239. The first kappa shape index (κ1) is 17.4. The van der Waals surface area contributed by atoms with E-state index in [1.54, 1.807) is 25.6 Å². The molecule has 1 aromatic carbocycles. The van der Waals surface area contributed by atoms with Crippen molar-refractivity contribution in [3.05, 3.63) is 83.9 Å². The molecule has 0 spiro atoms. The number of ether oxygens (including phenoxy) is 1. The number of aromatic nitrogens is 2. The highest BCUT2D eigenvalue weighted by molar-refractivity contribution is 5.93. The Labute approximate surface area is 152 Å². The van der Waals surface area contributed by atoms with Crippen LogP contribution in [0.3, 0.4) is 0 Å². The number of hydrogen-bond donors (Lipinski definition) is 2. The molecule has 0 bridgehead atoms. The van der Waals surface area contributed by atoms with Gasteiger partial charge in [-0.25, -0.2) is 0 Å². The van der Waals surface area contributed by atoms with Crippen LogP contribution in [0.1, 0.15) is 21.7 Å². The van der Waals surface area contributed by atoms with Crippen LogP contribution < -0.4 is 15.4 Å². The molecule has 2 heterocycles. The second kappa shape index (κ2) is 8.62. The van der Waals surface area contributed by atoms with Gasteiger partial charge < -0.3 is 15.4 Å². The normalized spacial score (nSPS) is 10.2. The zero-order valence-electron chi connectivity index (χ0n) is 14.5. The number of nitrogens with one attached hydrogen (secondary N) is 2. The molecule has 0 saturated carbocycles. The Morgan fingerprint density at radius 2 is 1.85 bits per heavy atom. The lowest BCUT2D eigenvalue weighted by atomic mass is 10.2. The topological polar surface area (TPSA) is 76.1 Å². The molecule has 0 saturated heterocycles. The first-order chi connectivity index (χ1) is 12.8. The number of pyridine rings is 2. The van der Waals surface area contributed by atoms with Crippen molar-refractivity contribution < 1.29 is 9.53 Å². The second-order valence-electron chi connectivity index (χ2n) is 5.60. The Morgan fingerprint density at radius 3 is 2.65 bits per heavy atom. The Kier molecular flexibility index (Phi) is 5.77. The van der Waals surface area contributed by atoms with Gasteiger partial charge in [0.1, 0.15) is 11.4 Å². The van der Waals surface area contributed by atoms with Crippen LogP contribution in [-0.2, 0) is 13.1 Å². The van der Waals surface area contributed by atoms with E-state index in [2.05, 4.69) is 20.6 Å². The zero-order chi connectivity index (χ0) is 18.2. The smallest absolute Gasteiger partial charge is 0.270 e. The van der Waals surface area contributed by atoms with Crippen molar-refractivity contribution in [1.82, 2.24) is 15.3 Å². The molecule has 6 nitrogen and oxygen atoms in total. The summed E-state index contributed by atoms with van der Waals surface area (Å²) in [4.78, 5) is 20.8. The van der Waals surface area contributed by atoms with Gasteiger partial charge in [-0.2, -0.15) is 0 Å². The van der Waals surface area contributed by atoms with E-state index in [9.17, 15) is 4.79 Å². The number of methoxy groups -OCH3 is 1. The molecule has 0 radical (unpaired) electrons. The van der Waals surface area contributed by atoms with Gasteiger partial charge in [0.2, 0.25) is 0 Å². The largest absolute Gasteiger partial charge is 0.496 e. The number of benzene rings is 1. The minimum Gasteiger partial charge on any atom is -0.496 e. The van der Waals surface area contributed by atoms with Gasteiger partial charge in [0.05, 0.1) is 19.3 Å². The van der Waals surface area contributed by atoms with Gasteiger partial charge in [0.15, 0.2) is 0 Å². The van der Waals surface area contributed by atoms with Crippen LogP contribution in [0.5, 0.6) is 5.75 Å². The summed E-state index contributed by atoms with van der Waals surface area (Å²) in [6, 6.07) is 16.9. The summed E-state index contributed by atoms with van der Waals surface area (Å²) in [5.74, 6) is 0.504. The van der Waals surface area contributed by atoms with Gasteiger partial charge in [-0.3, -0.25) is 14.8 Å². The number of nitrogens with zero attached hydrogens (tertiary/aromatic N) is 2. The Hall–Kier alpha value is -3.41. The summed E-state index contributed by atoms with van der Waals surface area (Å²) < 4.78 is 5.29. The maximum Gasteiger partial charge on any atom is 0.270 e. The van der Waals surface area contributed by atoms with Crippen molar-refractivity contribution in [1.29, 1.82) is 0 Å². The van der Waals surface area contributed by atoms with Crippen LogP contribution in [0.4, 0.5) is 5.69 Å². The first-order valence-electron chi connectivity index (χ1n) is 8.26. The number of amides is 1. The maximum atomic E-state index is 12.4. The average Bonchev–Trinajstić information content (AvgIpc) is 2.71. The molecule has 0 aliphatic rings. The Bertz CT molecular complexity index is 868. The molecule has 0 unspecified atom stereocenters. The van der Waals surface area contributed by atoms with E-state index in [0.29, 0.717) is 18.8 Å². The third kappa shape index (κ3) is 4.57. The zero-order valence-corrected chi connectivity index (χ0v) is 14.5. The number of hydrogen-bond acceptors (Lipinski definition) is 5. The fraction of sp³-hybridized carbons (Fsp3) is 0.150. The highest BCUT2D eigenvalue weighted by Gasteiger charge is 2.09. The predicted molar refractivity (Wildman–Crippen MR) is 100.0 cm³/mol. The quantitative estimate of drug-likeness (QED) is 0.686. The number of para-hydroxylation sites is 1. The predicted octanol–water partition coefficient (Wildman–Crippen LogP) is 3.03. The molecule has 0 atom stereocenters. The third-order valence-electron chi connectivity index (χ3n) is 3.82. The van der Waals surface area contributed by atoms with E-state index >= 15 is 0 Å². The van der Waals surface area contributed by atoms with Gasteiger partial charge in [-0.15, -0.1) is 0 Å². The van der Waals surface area contributed by atoms with E-state index in [1.807, 2.05) is 48.5 Å². The molecule has 2 aromatic heterocycles. The van der Waals surface area contributed by atoms with Crippen LogP contribution in [0.15, 0.2) is 67.0 Å². The van der Waals surface area contributed by atoms with Crippen molar-refractivity contribution in [2.45, 2.75) is 13.1 Å². The Morgan fingerprint density at radius 1 is 1.00 bits per heavy atom. The van der Waals surface area contributed by atoms with Crippen LogP contribution in [0.25, 0.3) is 0 Å². The molecule has 1 amide bonds. The first-order valence-corrected chi connectivity index (χ1v) is 8.26. The van der Waals surface area contributed by atoms with Crippen LogP contribution >= 0.6 is 0 Å². The molecule has 0 aliphatic heterocycles. The summed E-state index contributed by atoms with van der Waals surface area (Å²) in [7, 11) is 1.61. The van der Waals surface area contributed by atoms with Crippen molar-refractivity contribution in [2.75, 3.05) is 12.4 Å². The molecule has 2 N–H and O–H groups in total. The van der Waals surface area contributed by atoms with Gasteiger partial charge in [-0.05, 0) is 30.3 Å². The van der Waals surface area contributed by atoms with Gasteiger partial charge in [0.25, 0.3) is 5.91 Å². The molecular formula is C20H20N4O2. The lowest BCUT2D eigenvalue weighted by Gasteiger charge is -2.10. The number of carbonyl (C=O) groups excluding carboxylic acids is 1. The van der Waals surface area contributed by atoms with Crippen LogP contribution in [0.2, 0.25) is 0 Å². The summed E-state index contributed by atoms with van der Waals surface area (Å²) >= 11 is 0. The molecule has 3 rings (SSSR count). The molecule has 0 fully saturated rings. The van der Waals surface area contributed by atoms with Gasteiger partial charge >= 0.3 is 0 Å². The molecule has 3 aromatic rings.